The Morgan fingerprint density at radius 2 is 2.13 bits per heavy atom. The number of para-hydroxylation sites is 1. The number of hydrogen-bond acceptors (Lipinski definition) is 2. The topological polar surface area (TPSA) is 38.0 Å². The molecule has 15 heavy (non-hydrogen) atoms. The number of aromatic hydroxyl groups is 1. The number of benzene rings is 1. The average Bonchev–Trinajstić information content (AvgIpc) is 2.60. The predicted molar refractivity (Wildman–Crippen MR) is 60.0 cm³/mol. The molecule has 78 valence electrons. The normalized spacial score (nSPS) is 10.5. The standard InChI is InChI=1S/C11H11ClN2O/c1-2-14-9(7-13-11(14)12)8-5-3-4-6-10(8)15/h3-7,15H,2H2,1H3. The zero-order valence-corrected chi connectivity index (χ0v) is 9.07. The van der Waals surface area contributed by atoms with Gasteiger partial charge in [0.15, 0.2) is 0 Å². The maximum absolute atomic E-state index is 9.71. The summed E-state index contributed by atoms with van der Waals surface area (Å²) in [6, 6.07) is 7.15. The van der Waals surface area contributed by atoms with Gasteiger partial charge >= 0.3 is 0 Å². The van der Waals surface area contributed by atoms with Crippen molar-refractivity contribution in [1.82, 2.24) is 9.55 Å². The number of rotatable bonds is 2. The third kappa shape index (κ3) is 1.70. The molecule has 0 aliphatic rings. The van der Waals surface area contributed by atoms with Crippen LogP contribution in [-0.2, 0) is 6.54 Å². The number of hydrogen-bond donors (Lipinski definition) is 1. The van der Waals surface area contributed by atoms with E-state index < -0.39 is 0 Å². The van der Waals surface area contributed by atoms with E-state index in [0.717, 1.165) is 17.8 Å². The highest BCUT2D eigenvalue weighted by Gasteiger charge is 2.11. The van der Waals surface area contributed by atoms with Crippen molar-refractivity contribution in [1.29, 1.82) is 0 Å². The molecular formula is C11H11ClN2O. The Kier molecular flexibility index (Phi) is 2.64. The fourth-order valence-corrected chi connectivity index (χ4v) is 1.82. The molecular weight excluding hydrogens is 212 g/mol. The van der Waals surface area contributed by atoms with Crippen LogP contribution in [0.1, 0.15) is 6.92 Å². The van der Waals surface area contributed by atoms with Crippen LogP contribution in [-0.4, -0.2) is 14.7 Å². The van der Waals surface area contributed by atoms with E-state index in [1.807, 2.05) is 23.6 Å². The molecule has 0 bridgehead atoms. The van der Waals surface area contributed by atoms with Gasteiger partial charge in [0.05, 0.1) is 11.9 Å². The number of phenolic OH excluding ortho intramolecular Hbond substituents is 1. The highest BCUT2D eigenvalue weighted by atomic mass is 35.5. The van der Waals surface area contributed by atoms with E-state index in [2.05, 4.69) is 4.98 Å². The van der Waals surface area contributed by atoms with Crippen molar-refractivity contribution in [3.05, 3.63) is 35.7 Å². The summed E-state index contributed by atoms with van der Waals surface area (Å²) in [5, 5.41) is 10.1. The van der Waals surface area contributed by atoms with Gasteiger partial charge in [-0.2, -0.15) is 0 Å². The second-order valence-electron chi connectivity index (χ2n) is 3.17. The van der Waals surface area contributed by atoms with E-state index in [1.165, 1.54) is 0 Å². The van der Waals surface area contributed by atoms with Gasteiger partial charge in [-0.05, 0) is 30.7 Å². The predicted octanol–water partition coefficient (Wildman–Crippen LogP) is 2.93. The Hall–Kier alpha value is -1.48. The fraction of sp³-hybridized carbons (Fsp3) is 0.182. The summed E-state index contributed by atoms with van der Waals surface area (Å²) >= 11 is 5.92. The smallest absolute Gasteiger partial charge is 0.203 e. The van der Waals surface area contributed by atoms with Crippen molar-refractivity contribution in [2.75, 3.05) is 0 Å². The summed E-state index contributed by atoms with van der Waals surface area (Å²) in [6.07, 6.45) is 1.67. The lowest BCUT2D eigenvalue weighted by Crippen LogP contribution is -1.96. The molecule has 0 radical (unpaired) electrons. The van der Waals surface area contributed by atoms with E-state index in [1.54, 1.807) is 18.3 Å². The zero-order valence-electron chi connectivity index (χ0n) is 8.31. The van der Waals surface area contributed by atoms with Crippen molar-refractivity contribution in [2.45, 2.75) is 13.5 Å². The molecule has 2 aromatic rings. The molecule has 0 unspecified atom stereocenters. The van der Waals surface area contributed by atoms with Crippen LogP contribution in [0.25, 0.3) is 11.3 Å². The van der Waals surface area contributed by atoms with Crippen LogP contribution in [0.4, 0.5) is 0 Å². The molecule has 0 saturated carbocycles. The van der Waals surface area contributed by atoms with Crippen molar-refractivity contribution in [3.8, 4) is 17.0 Å². The average molecular weight is 223 g/mol. The van der Waals surface area contributed by atoms with Gasteiger partial charge in [0.1, 0.15) is 5.75 Å². The fourth-order valence-electron chi connectivity index (χ4n) is 1.56. The van der Waals surface area contributed by atoms with Crippen LogP contribution >= 0.6 is 11.6 Å². The van der Waals surface area contributed by atoms with E-state index in [9.17, 15) is 5.11 Å². The van der Waals surface area contributed by atoms with Crippen LogP contribution < -0.4 is 0 Å². The minimum atomic E-state index is 0.240. The van der Waals surface area contributed by atoms with E-state index in [0.29, 0.717) is 5.28 Å². The van der Waals surface area contributed by atoms with Gasteiger partial charge in [-0.15, -0.1) is 0 Å². The summed E-state index contributed by atoms with van der Waals surface area (Å²) in [5.41, 5.74) is 1.58. The molecule has 1 aromatic carbocycles. The summed E-state index contributed by atoms with van der Waals surface area (Å²) < 4.78 is 1.84. The van der Waals surface area contributed by atoms with Gasteiger partial charge in [-0.25, -0.2) is 4.98 Å². The molecule has 3 nitrogen and oxygen atoms in total. The molecule has 1 N–H and O–H groups in total. The monoisotopic (exact) mass is 222 g/mol. The van der Waals surface area contributed by atoms with Crippen LogP contribution in [0, 0.1) is 0 Å². The third-order valence-corrected chi connectivity index (χ3v) is 2.60. The van der Waals surface area contributed by atoms with Gasteiger partial charge in [0.2, 0.25) is 5.28 Å². The van der Waals surface area contributed by atoms with Crippen LogP contribution in [0.2, 0.25) is 5.28 Å². The van der Waals surface area contributed by atoms with E-state index in [-0.39, 0.29) is 5.75 Å². The second-order valence-corrected chi connectivity index (χ2v) is 3.51. The Labute approximate surface area is 93.0 Å². The van der Waals surface area contributed by atoms with Crippen LogP contribution in [0.15, 0.2) is 30.5 Å². The molecule has 0 spiro atoms. The van der Waals surface area contributed by atoms with Crippen LogP contribution in [0.5, 0.6) is 5.75 Å². The van der Waals surface area contributed by atoms with Crippen molar-refractivity contribution in [2.24, 2.45) is 0 Å². The molecule has 0 fully saturated rings. The van der Waals surface area contributed by atoms with Crippen molar-refractivity contribution < 1.29 is 5.11 Å². The molecule has 0 aliphatic heterocycles. The first kappa shape index (κ1) is 10.1. The van der Waals surface area contributed by atoms with Crippen LogP contribution in [0.3, 0.4) is 0 Å². The largest absolute Gasteiger partial charge is 0.507 e. The first-order chi connectivity index (χ1) is 7.24. The zero-order chi connectivity index (χ0) is 10.8. The second kappa shape index (κ2) is 3.95. The van der Waals surface area contributed by atoms with Gasteiger partial charge in [0, 0.05) is 12.1 Å². The summed E-state index contributed by atoms with van der Waals surface area (Å²) in [6.45, 7) is 2.71. The summed E-state index contributed by atoms with van der Waals surface area (Å²) in [5.74, 6) is 0.240. The van der Waals surface area contributed by atoms with Gasteiger partial charge in [0.25, 0.3) is 0 Å². The van der Waals surface area contributed by atoms with Crippen molar-refractivity contribution in [3.63, 3.8) is 0 Å². The minimum Gasteiger partial charge on any atom is -0.507 e. The minimum absolute atomic E-state index is 0.240. The number of phenols is 1. The number of halogens is 1. The molecule has 4 heteroatoms. The van der Waals surface area contributed by atoms with Crippen molar-refractivity contribution >= 4 is 11.6 Å². The van der Waals surface area contributed by atoms with Gasteiger partial charge in [-0.3, -0.25) is 0 Å². The summed E-state index contributed by atoms with van der Waals surface area (Å²) in [4.78, 5) is 4.02. The maximum atomic E-state index is 9.71. The van der Waals surface area contributed by atoms with E-state index >= 15 is 0 Å². The lowest BCUT2D eigenvalue weighted by molar-refractivity contribution is 0.476. The Bertz CT molecular complexity index is 479. The molecule has 2 rings (SSSR count). The highest BCUT2D eigenvalue weighted by Crippen LogP contribution is 2.30. The molecule has 0 amide bonds. The molecule has 1 aromatic heterocycles. The Morgan fingerprint density at radius 3 is 2.80 bits per heavy atom. The van der Waals surface area contributed by atoms with Gasteiger partial charge in [-0.1, -0.05) is 12.1 Å². The first-order valence-electron chi connectivity index (χ1n) is 4.73. The first-order valence-corrected chi connectivity index (χ1v) is 5.11. The summed E-state index contributed by atoms with van der Waals surface area (Å²) in [7, 11) is 0. The highest BCUT2D eigenvalue weighted by molar-refractivity contribution is 6.28. The maximum Gasteiger partial charge on any atom is 0.203 e. The lowest BCUT2D eigenvalue weighted by Gasteiger charge is -2.07. The molecule has 0 aliphatic carbocycles. The quantitative estimate of drug-likeness (QED) is 0.849. The number of nitrogens with zero attached hydrogens (tertiary/aromatic N) is 2. The number of imidazole rings is 1. The molecule has 1 heterocycles. The Balaban J connectivity index is 2.59. The molecule has 0 saturated heterocycles. The Morgan fingerprint density at radius 1 is 1.40 bits per heavy atom. The SMILES string of the molecule is CCn1c(-c2ccccc2O)cnc1Cl. The number of aromatic nitrogens is 2. The van der Waals surface area contributed by atoms with Gasteiger partial charge < -0.3 is 9.67 Å². The third-order valence-electron chi connectivity index (χ3n) is 2.30. The molecule has 0 atom stereocenters. The van der Waals surface area contributed by atoms with E-state index in [4.69, 9.17) is 11.6 Å². The lowest BCUT2D eigenvalue weighted by atomic mass is 10.1.